The van der Waals surface area contributed by atoms with Crippen LogP contribution in [0.5, 0.6) is 0 Å². The minimum absolute atomic E-state index is 0.00426. The highest BCUT2D eigenvalue weighted by molar-refractivity contribution is 5.67. The van der Waals surface area contributed by atoms with Crippen LogP contribution in [0.15, 0.2) is 60.9 Å². The minimum atomic E-state index is -0.137. The minimum Gasteiger partial charge on any atom is -0.394 e. The summed E-state index contributed by atoms with van der Waals surface area (Å²) in [6, 6.07) is 15.4. The Morgan fingerprint density at radius 2 is 1.79 bits per heavy atom. The number of rotatable bonds is 6. The molecule has 0 aliphatic heterocycles. The summed E-state index contributed by atoms with van der Waals surface area (Å²) in [5.41, 5.74) is 2.67. The highest BCUT2D eigenvalue weighted by atomic mass is 16.3. The van der Waals surface area contributed by atoms with Crippen molar-refractivity contribution in [3.05, 3.63) is 60.9 Å². The van der Waals surface area contributed by atoms with E-state index in [4.69, 9.17) is 0 Å². The molecule has 6 heteroatoms. The molecule has 0 saturated carbocycles. The molecule has 0 unspecified atom stereocenters. The van der Waals surface area contributed by atoms with E-state index in [0.29, 0.717) is 11.8 Å². The molecular formula is C18H19N5O. The van der Waals surface area contributed by atoms with Crippen LogP contribution < -0.4 is 10.6 Å². The molecule has 0 spiro atoms. The molecule has 0 radical (unpaired) electrons. The van der Waals surface area contributed by atoms with E-state index in [1.54, 1.807) is 12.4 Å². The normalized spacial score (nSPS) is 11.8. The molecule has 2 heterocycles. The third kappa shape index (κ3) is 4.05. The van der Waals surface area contributed by atoms with Crippen molar-refractivity contribution in [3.8, 4) is 11.3 Å². The smallest absolute Gasteiger partial charge is 0.225 e. The van der Waals surface area contributed by atoms with E-state index < -0.39 is 0 Å². The van der Waals surface area contributed by atoms with Gasteiger partial charge < -0.3 is 15.7 Å². The molecule has 0 aliphatic carbocycles. The molecule has 6 nitrogen and oxygen atoms in total. The van der Waals surface area contributed by atoms with Gasteiger partial charge in [-0.25, -0.2) is 4.98 Å². The van der Waals surface area contributed by atoms with Crippen LogP contribution in [-0.4, -0.2) is 32.7 Å². The Labute approximate surface area is 140 Å². The number of para-hydroxylation sites is 1. The fourth-order valence-corrected chi connectivity index (χ4v) is 2.18. The van der Waals surface area contributed by atoms with Gasteiger partial charge >= 0.3 is 0 Å². The molecule has 0 bridgehead atoms. The van der Waals surface area contributed by atoms with Gasteiger partial charge in [0.15, 0.2) is 0 Å². The van der Waals surface area contributed by atoms with Crippen LogP contribution in [0.4, 0.5) is 17.5 Å². The number of hydrogen-bond donors (Lipinski definition) is 3. The van der Waals surface area contributed by atoms with Crippen molar-refractivity contribution in [2.45, 2.75) is 13.0 Å². The molecule has 0 aliphatic rings. The summed E-state index contributed by atoms with van der Waals surface area (Å²) in [6.45, 7) is 1.87. The van der Waals surface area contributed by atoms with E-state index in [2.05, 4.69) is 25.6 Å². The Balaban J connectivity index is 1.96. The van der Waals surface area contributed by atoms with E-state index in [-0.39, 0.29) is 12.6 Å². The van der Waals surface area contributed by atoms with Gasteiger partial charge in [0.25, 0.3) is 0 Å². The summed E-state index contributed by atoms with van der Waals surface area (Å²) >= 11 is 0. The van der Waals surface area contributed by atoms with Crippen LogP contribution in [0.3, 0.4) is 0 Å². The van der Waals surface area contributed by atoms with E-state index in [0.717, 1.165) is 16.9 Å². The molecule has 122 valence electrons. The van der Waals surface area contributed by atoms with Gasteiger partial charge in [-0.05, 0) is 31.2 Å². The Morgan fingerprint density at radius 1 is 1.04 bits per heavy atom. The molecule has 0 fully saturated rings. The lowest BCUT2D eigenvalue weighted by Gasteiger charge is -2.14. The Kier molecular flexibility index (Phi) is 4.98. The molecule has 0 saturated heterocycles. The van der Waals surface area contributed by atoms with Crippen LogP contribution in [0.25, 0.3) is 11.3 Å². The van der Waals surface area contributed by atoms with Crippen molar-refractivity contribution in [2.24, 2.45) is 0 Å². The van der Waals surface area contributed by atoms with Crippen molar-refractivity contribution in [2.75, 3.05) is 17.2 Å². The number of aliphatic hydroxyl groups excluding tert-OH is 1. The summed E-state index contributed by atoms with van der Waals surface area (Å²) in [6.07, 6.45) is 3.45. The third-order valence-electron chi connectivity index (χ3n) is 3.40. The number of pyridine rings is 1. The number of hydrogen-bond acceptors (Lipinski definition) is 6. The Morgan fingerprint density at radius 3 is 2.50 bits per heavy atom. The lowest BCUT2D eigenvalue weighted by atomic mass is 10.2. The van der Waals surface area contributed by atoms with Gasteiger partial charge in [0.2, 0.25) is 5.95 Å². The van der Waals surface area contributed by atoms with Gasteiger partial charge in [-0.3, -0.25) is 4.98 Å². The number of aliphatic hydroxyl groups is 1. The Bertz CT molecular complexity index is 780. The first-order valence-corrected chi connectivity index (χ1v) is 7.73. The maximum absolute atomic E-state index is 9.24. The molecule has 2 aromatic heterocycles. The predicted molar refractivity (Wildman–Crippen MR) is 95.2 cm³/mol. The molecule has 3 rings (SSSR count). The predicted octanol–water partition coefficient (Wildman–Crippen LogP) is 3.07. The van der Waals surface area contributed by atoms with Crippen LogP contribution >= 0.6 is 0 Å². The van der Waals surface area contributed by atoms with Crippen LogP contribution in [0.1, 0.15) is 6.92 Å². The fraction of sp³-hybridized carbons (Fsp3) is 0.167. The molecule has 24 heavy (non-hydrogen) atoms. The van der Waals surface area contributed by atoms with Crippen LogP contribution in [0, 0.1) is 0 Å². The first kappa shape index (κ1) is 15.9. The second kappa shape index (κ2) is 7.52. The zero-order valence-corrected chi connectivity index (χ0v) is 13.3. The van der Waals surface area contributed by atoms with Crippen molar-refractivity contribution >= 4 is 17.5 Å². The van der Waals surface area contributed by atoms with Gasteiger partial charge in [0.05, 0.1) is 12.3 Å². The largest absolute Gasteiger partial charge is 0.394 e. The van der Waals surface area contributed by atoms with Gasteiger partial charge in [-0.1, -0.05) is 18.2 Å². The zero-order chi connectivity index (χ0) is 16.8. The molecule has 0 amide bonds. The van der Waals surface area contributed by atoms with Gasteiger partial charge in [0.1, 0.15) is 5.82 Å². The van der Waals surface area contributed by atoms with Crippen LogP contribution in [-0.2, 0) is 0 Å². The number of nitrogens with zero attached hydrogens (tertiary/aromatic N) is 3. The zero-order valence-electron chi connectivity index (χ0n) is 13.3. The monoisotopic (exact) mass is 321 g/mol. The van der Waals surface area contributed by atoms with Crippen molar-refractivity contribution in [3.63, 3.8) is 0 Å². The standard InChI is InChI=1S/C18H19N5O/c1-13(12-24)20-18-22-16(14-7-9-19-10-8-14)11-17(23-18)21-15-5-3-2-4-6-15/h2-11,13,24H,12H2,1H3,(H2,20,21,22,23)/t13-/m0/s1. The van der Waals surface area contributed by atoms with Crippen molar-refractivity contribution < 1.29 is 5.11 Å². The topological polar surface area (TPSA) is 83.0 Å². The van der Waals surface area contributed by atoms with E-state index in [1.165, 1.54) is 0 Å². The first-order valence-electron chi connectivity index (χ1n) is 7.73. The lowest BCUT2D eigenvalue weighted by Crippen LogP contribution is -2.21. The summed E-state index contributed by atoms with van der Waals surface area (Å²) in [5, 5.41) is 15.6. The highest BCUT2D eigenvalue weighted by Crippen LogP contribution is 2.23. The van der Waals surface area contributed by atoms with Crippen LogP contribution in [0.2, 0.25) is 0 Å². The fourth-order valence-electron chi connectivity index (χ4n) is 2.18. The summed E-state index contributed by atoms with van der Waals surface area (Å²) in [7, 11) is 0. The third-order valence-corrected chi connectivity index (χ3v) is 3.40. The number of nitrogens with one attached hydrogen (secondary N) is 2. The van der Waals surface area contributed by atoms with E-state index in [9.17, 15) is 5.11 Å². The number of benzene rings is 1. The molecule has 3 N–H and O–H groups in total. The van der Waals surface area contributed by atoms with E-state index >= 15 is 0 Å². The number of aromatic nitrogens is 3. The quantitative estimate of drug-likeness (QED) is 0.647. The number of anilines is 3. The molecule has 3 aromatic rings. The maximum atomic E-state index is 9.24. The summed E-state index contributed by atoms with van der Waals surface area (Å²) < 4.78 is 0. The van der Waals surface area contributed by atoms with Crippen molar-refractivity contribution in [1.82, 2.24) is 15.0 Å². The molecule has 1 atom stereocenters. The highest BCUT2D eigenvalue weighted by Gasteiger charge is 2.09. The maximum Gasteiger partial charge on any atom is 0.225 e. The van der Waals surface area contributed by atoms with Gasteiger partial charge in [-0.2, -0.15) is 4.98 Å². The average Bonchev–Trinajstić information content (AvgIpc) is 2.63. The van der Waals surface area contributed by atoms with Crippen molar-refractivity contribution in [1.29, 1.82) is 0 Å². The second-order valence-electron chi connectivity index (χ2n) is 5.42. The average molecular weight is 321 g/mol. The lowest BCUT2D eigenvalue weighted by molar-refractivity contribution is 0.281. The summed E-state index contributed by atoms with van der Waals surface area (Å²) in [5.74, 6) is 1.14. The SMILES string of the molecule is C[C@@H](CO)Nc1nc(Nc2ccccc2)cc(-c2ccncc2)n1. The molecular weight excluding hydrogens is 302 g/mol. The van der Waals surface area contributed by atoms with E-state index in [1.807, 2.05) is 55.5 Å². The van der Waals surface area contributed by atoms with Gasteiger partial charge in [-0.15, -0.1) is 0 Å². The summed E-state index contributed by atoms with van der Waals surface area (Å²) in [4.78, 5) is 13.1. The Hall–Kier alpha value is -2.99. The first-order chi connectivity index (χ1) is 11.7. The van der Waals surface area contributed by atoms with Gasteiger partial charge in [0, 0.05) is 35.8 Å². The molecule has 1 aromatic carbocycles. The second-order valence-corrected chi connectivity index (χ2v) is 5.42.